The second kappa shape index (κ2) is 6.19. The Balaban J connectivity index is 1.88. The monoisotopic (exact) mass is 273 g/mol. The summed E-state index contributed by atoms with van der Waals surface area (Å²) < 4.78 is 18.4. The molecule has 104 valence electrons. The number of nitrogens with one attached hydrogen (secondary N) is 1. The van der Waals surface area contributed by atoms with E-state index in [0.29, 0.717) is 11.3 Å². The van der Waals surface area contributed by atoms with Crippen molar-refractivity contribution in [3.8, 4) is 5.75 Å². The number of aryl methyl sites for hydroxylation is 2. The molecule has 0 aliphatic carbocycles. The molecule has 0 atom stereocenters. The van der Waals surface area contributed by atoms with E-state index >= 15 is 0 Å². The molecule has 0 bridgehead atoms. The third-order valence-corrected chi connectivity index (χ3v) is 2.83. The van der Waals surface area contributed by atoms with Crippen LogP contribution in [0.4, 0.5) is 10.1 Å². The topological polar surface area (TPSA) is 38.3 Å². The van der Waals surface area contributed by atoms with Crippen molar-refractivity contribution in [1.29, 1.82) is 0 Å². The van der Waals surface area contributed by atoms with Crippen LogP contribution in [0.1, 0.15) is 11.1 Å². The molecule has 2 aromatic carbocycles. The maximum atomic E-state index is 13.1. The number of carbonyl (C=O) groups excluding carboxylic acids is 1. The first kappa shape index (κ1) is 14.1. The Morgan fingerprint density at radius 3 is 2.50 bits per heavy atom. The molecule has 0 radical (unpaired) electrons. The van der Waals surface area contributed by atoms with Crippen molar-refractivity contribution < 1.29 is 13.9 Å². The summed E-state index contributed by atoms with van der Waals surface area (Å²) in [6, 6.07) is 11.9. The van der Waals surface area contributed by atoms with Gasteiger partial charge in [-0.3, -0.25) is 4.79 Å². The van der Waals surface area contributed by atoms with Gasteiger partial charge in [-0.05, 0) is 49.7 Å². The van der Waals surface area contributed by atoms with E-state index in [4.69, 9.17) is 4.74 Å². The Morgan fingerprint density at radius 1 is 1.15 bits per heavy atom. The standard InChI is InChI=1S/C16H16FNO2/c1-11-3-5-13(6-4-11)18-16(19)10-20-14-7-8-15(17)12(2)9-14/h3-9H,10H2,1-2H3,(H,18,19). The molecule has 0 aliphatic rings. The highest BCUT2D eigenvalue weighted by molar-refractivity contribution is 5.91. The minimum atomic E-state index is -0.290. The fraction of sp³-hybridized carbons (Fsp3) is 0.188. The van der Waals surface area contributed by atoms with Crippen LogP contribution >= 0.6 is 0 Å². The van der Waals surface area contributed by atoms with Crippen LogP contribution in [0.5, 0.6) is 5.75 Å². The maximum Gasteiger partial charge on any atom is 0.262 e. The van der Waals surface area contributed by atoms with E-state index < -0.39 is 0 Å². The molecule has 0 unspecified atom stereocenters. The zero-order valence-corrected chi connectivity index (χ0v) is 11.4. The van der Waals surface area contributed by atoms with Crippen LogP contribution < -0.4 is 10.1 Å². The van der Waals surface area contributed by atoms with Crippen LogP contribution in [0.15, 0.2) is 42.5 Å². The smallest absolute Gasteiger partial charge is 0.262 e. The van der Waals surface area contributed by atoms with Crippen LogP contribution in [0.25, 0.3) is 0 Å². The SMILES string of the molecule is Cc1ccc(NC(=O)COc2ccc(F)c(C)c2)cc1. The number of halogens is 1. The van der Waals surface area contributed by atoms with E-state index in [-0.39, 0.29) is 18.3 Å². The molecule has 0 saturated carbocycles. The molecule has 1 amide bonds. The van der Waals surface area contributed by atoms with E-state index in [1.807, 2.05) is 31.2 Å². The molecular formula is C16H16FNO2. The van der Waals surface area contributed by atoms with Gasteiger partial charge in [0.2, 0.25) is 0 Å². The van der Waals surface area contributed by atoms with Gasteiger partial charge >= 0.3 is 0 Å². The fourth-order valence-electron chi connectivity index (χ4n) is 1.69. The summed E-state index contributed by atoms with van der Waals surface area (Å²) in [5, 5.41) is 2.73. The second-order valence-corrected chi connectivity index (χ2v) is 4.61. The second-order valence-electron chi connectivity index (χ2n) is 4.61. The number of anilines is 1. The first-order chi connectivity index (χ1) is 9.54. The Bertz CT molecular complexity index is 608. The Morgan fingerprint density at radius 2 is 1.85 bits per heavy atom. The van der Waals surface area contributed by atoms with Crippen LogP contribution in [0, 0.1) is 19.7 Å². The van der Waals surface area contributed by atoms with Crippen molar-refractivity contribution in [2.24, 2.45) is 0 Å². The van der Waals surface area contributed by atoms with Gasteiger partial charge in [0.05, 0.1) is 0 Å². The summed E-state index contributed by atoms with van der Waals surface area (Å²) in [7, 11) is 0. The molecule has 0 heterocycles. The lowest BCUT2D eigenvalue weighted by atomic mass is 10.2. The van der Waals surface area contributed by atoms with Crippen LogP contribution in [-0.2, 0) is 4.79 Å². The van der Waals surface area contributed by atoms with Crippen LogP contribution in [0.2, 0.25) is 0 Å². The number of rotatable bonds is 4. The van der Waals surface area contributed by atoms with E-state index in [0.717, 1.165) is 11.3 Å². The van der Waals surface area contributed by atoms with Gasteiger partial charge in [-0.25, -0.2) is 4.39 Å². The van der Waals surface area contributed by atoms with Crippen molar-refractivity contribution in [2.45, 2.75) is 13.8 Å². The lowest BCUT2D eigenvalue weighted by Gasteiger charge is -2.08. The summed E-state index contributed by atoms with van der Waals surface area (Å²) in [6.45, 7) is 3.51. The summed E-state index contributed by atoms with van der Waals surface area (Å²) in [4.78, 5) is 11.7. The van der Waals surface area contributed by atoms with Gasteiger partial charge in [0.1, 0.15) is 11.6 Å². The average Bonchev–Trinajstić information content (AvgIpc) is 2.43. The third kappa shape index (κ3) is 3.82. The molecular weight excluding hydrogens is 257 g/mol. The molecule has 0 fully saturated rings. The first-order valence-electron chi connectivity index (χ1n) is 6.30. The van der Waals surface area contributed by atoms with E-state index in [1.165, 1.54) is 12.1 Å². The number of benzene rings is 2. The number of hydrogen-bond acceptors (Lipinski definition) is 2. The number of hydrogen-bond donors (Lipinski definition) is 1. The van der Waals surface area contributed by atoms with Crippen LogP contribution in [0.3, 0.4) is 0 Å². The van der Waals surface area contributed by atoms with Gasteiger partial charge < -0.3 is 10.1 Å². The predicted octanol–water partition coefficient (Wildman–Crippen LogP) is 3.46. The number of ether oxygens (including phenoxy) is 1. The first-order valence-corrected chi connectivity index (χ1v) is 6.30. The highest BCUT2D eigenvalue weighted by Crippen LogP contribution is 2.16. The van der Waals surface area contributed by atoms with Crippen molar-refractivity contribution in [3.63, 3.8) is 0 Å². The minimum absolute atomic E-state index is 0.112. The lowest BCUT2D eigenvalue weighted by molar-refractivity contribution is -0.118. The third-order valence-electron chi connectivity index (χ3n) is 2.83. The van der Waals surface area contributed by atoms with Gasteiger partial charge in [0.25, 0.3) is 5.91 Å². The zero-order valence-electron chi connectivity index (χ0n) is 11.4. The van der Waals surface area contributed by atoms with Crippen molar-refractivity contribution in [2.75, 3.05) is 11.9 Å². The molecule has 2 rings (SSSR count). The van der Waals surface area contributed by atoms with Gasteiger partial charge in [-0.1, -0.05) is 17.7 Å². The van der Waals surface area contributed by atoms with Gasteiger partial charge in [-0.2, -0.15) is 0 Å². The maximum absolute atomic E-state index is 13.1. The largest absolute Gasteiger partial charge is 0.484 e. The Labute approximate surface area is 117 Å². The highest BCUT2D eigenvalue weighted by atomic mass is 19.1. The molecule has 0 saturated heterocycles. The van der Waals surface area contributed by atoms with E-state index in [9.17, 15) is 9.18 Å². The molecule has 20 heavy (non-hydrogen) atoms. The molecule has 2 aromatic rings. The summed E-state index contributed by atoms with van der Waals surface area (Å²) in [5.74, 6) is -0.0692. The van der Waals surface area contributed by atoms with E-state index in [1.54, 1.807) is 13.0 Å². The van der Waals surface area contributed by atoms with Gasteiger partial charge in [0.15, 0.2) is 6.61 Å². The molecule has 4 heteroatoms. The normalized spacial score (nSPS) is 10.2. The van der Waals surface area contributed by atoms with Gasteiger partial charge in [0, 0.05) is 5.69 Å². The Kier molecular flexibility index (Phi) is 4.35. The fourth-order valence-corrected chi connectivity index (χ4v) is 1.69. The van der Waals surface area contributed by atoms with Crippen LogP contribution in [-0.4, -0.2) is 12.5 Å². The van der Waals surface area contributed by atoms with E-state index in [2.05, 4.69) is 5.32 Å². The zero-order chi connectivity index (χ0) is 14.5. The van der Waals surface area contributed by atoms with Crippen molar-refractivity contribution in [1.82, 2.24) is 0 Å². The minimum Gasteiger partial charge on any atom is -0.484 e. The summed E-state index contributed by atoms with van der Waals surface area (Å²) in [6.07, 6.45) is 0. The lowest BCUT2D eigenvalue weighted by Crippen LogP contribution is -2.20. The number of carbonyl (C=O) groups is 1. The molecule has 0 aliphatic heterocycles. The average molecular weight is 273 g/mol. The van der Waals surface area contributed by atoms with Gasteiger partial charge in [-0.15, -0.1) is 0 Å². The molecule has 1 N–H and O–H groups in total. The van der Waals surface area contributed by atoms with Crippen molar-refractivity contribution >= 4 is 11.6 Å². The quantitative estimate of drug-likeness (QED) is 0.926. The predicted molar refractivity (Wildman–Crippen MR) is 76.4 cm³/mol. The molecule has 3 nitrogen and oxygen atoms in total. The molecule has 0 aromatic heterocycles. The summed E-state index contributed by atoms with van der Waals surface area (Å²) >= 11 is 0. The molecule has 0 spiro atoms. The summed E-state index contributed by atoms with van der Waals surface area (Å²) in [5.41, 5.74) is 2.34. The van der Waals surface area contributed by atoms with Crippen molar-refractivity contribution in [3.05, 3.63) is 59.4 Å². The number of amides is 1. The Hall–Kier alpha value is -2.36. The highest BCUT2D eigenvalue weighted by Gasteiger charge is 2.05.